The predicted molar refractivity (Wildman–Crippen MR) is 81.4 cm³/mol. The highest BCUT2D eigenvalue weighted by atomic mass is 35.5. The molecule has 0 aliphatic rings. The van der Waals surface area contributed by atoms with Crippen molar-refractivity contribution >= 4 is 17.6 Å². The highest BCUT2D eigenvalue weighted by molar-refractivity contribution is 6.30. The fourth-order valence-electron chi connectivity index (χ4n) is 1.69. The second-order valence-corrected chi connectivity index (χ2v) is 6.13. The van der Waals surface area contributed by atoms with Crippen LogP contribution in [0.15, 0.2) is 36.4 Å². The van der Waals surface area contributed by atoms with Gasteiger partial charge >= 0.3 is 5.97 Å². The highest BCUT2D eigenvalue weighted by Gasteiger charge is 2.19. The van der Waals surface area contributed by atoms with Gasteiger partial charge in [0, 0.05) is 16.5 Å². The van der Waals surface area contributed by atoms with Gasteiger partial charge in [-0.1, -0.05) is 32.4 Å². The summed E-state index contributed by atoms with van der Waals surface area (Å²) >= 11 is 5.82. The molecule has 1 N–H and O–H groups in total. The number of benzene rings is 1. The lowest BCUT2D eigenvalue weighted by atomic mass is 9.91. The van der Waals surface area contributed by atoms with E-state index in [0.717, 1.165) is 0 Å². The van der Waals surface area contributed by atoms with Crippen molar-refractivity contribution in [3.8, 4) is 11.6 Å². The van der Waals surface area contributed by atoms with Gasteiger partial charge < -0.3 is 9.84 Å². The number of pyridine rings is 1. The number of carbonyl (C=O) groups is 1. The molecule has 0 atom stereocenters. The van der Waals surface area contributed by atoms with E-state index in [0.29, 0.717) is 16.5 Å². The first-order chi connectivity index (χ1) is 9.75. The Kier molecular flexibility index (Phi) is 4.19. The Morgan fingerprint density at radius 3 is 2.33 bits per heavy atom. The van der Waals surface area contributed by atoms with Crippen LogP contribution in [0.5, 0.6) is 11.6 Å². The van der Waals surface area contributed by atoms with E-state index in [2.05, 4.69) is 4.98 Å². The molecule has 2 rings (SSSR count). The van der Waals surface area contributed by atoms with E-state index < -0.39 is 5.97 Å². The second-order valence-electron chi connectivity index (χ2n) is 5.69. The molecule has 5 heteroatoms. The van der Waals surface area contributed by atoms with E-state index in [9.17, 15) is 9.90 Å². The summed E-state index contributed by atoms with van der Waals surface area (Å²) in [6, 6.07) is 9.77. The number of rotatable bonds is 3. The number of aromatic nitrogens is 1. The van der Waals surface area contributed by atoms with Crippen LogP contribution >= 0.6 is 11.6 Å². The molecule has 1 heterocycles. The molecule has 1 aromatic carbocycles. The quantitative estimate of drug-likeness (QED) is 0.905. The first-order valence-corrected chi connectivity index (χ1v) is 6.83. The minimum Gasteiger partial charge on any atom is -0.478 e. The maximum absolute atomic E-state index is 11.2. The number of hydrogen-bond donors (Lipinski definition) is 1. The Morgan fingerprint density at radius 2 is 1.81 bits per heavy atom. The zero-order valence-electron chi connectivity index (χ0n) is 12.1. The molecule has 0 spiro atoms. The van der Waals surface area contributed by atoms with E-state index in [1.54, 1.807) is 30.3 Å². The van der Waals surface area contributed by atoms with Crippen LogP contribution in [0.4, 0.5) is 0 Å². The first-order valence-electron chi connectivity index (χ1n) is 6.45. The molecular weight excluding hydrogens is 290 g/mol. The average molecular weight is 306 g/mol. The van der Waals surface area contributed by atoms with Crippen molar-refractivity contribution in [1.29, 1.82) is 0 Å². The number of aromatic carboxylic acids is 1. The van der Waals surface area contributed by atoms with Crippen molar-refractivity contribution < 1.29 is 14.6 Å². The largest absolute Gasteiger partial charge is 0.478 e. The molecule has 4 nitrogen and oxygen atoms in total. The zero-order chi connectivity index (χ0) is 15.6. The Hall–Kier alpha value is -2.07. The molecule has 110 valence electrons. The second kappa shape index (κ2) is 5.74. The summed E-state index contributed by atoms with van der Waals surface area (Å²) in [5.41, 5.74) is 0.536. The Morgan fingerprint density at radius 1 is 1.19 bits per heavy atom. The van der Waals surface area contributed by atoms with Crippen LogP contribution in [0.2, 0.25) is 5.02 Å². The number of halogens is 1. The summed E-state index contributed by atoms with van der Waals surface area (Å²) in [6.07, 6.45) is 0. The van der Waals surface area contributed by atoms with Crippen molar-refractivity contribution in [2.45, 2.75) is 26.2 Å². The van der Waals surface area contributed by atoms with Crippen LogP contribution in [0.3, 0.4) is 0 Å². The third kappa shape index (κ3) is 3.95. The van der Waals surface area contributed by atoms with E-state index >= 15 is 0 Å². The van der Waals surface area contributed by atoms with Gasteiger partial charge in [0.05, 0.1) is 11.3 Å². The molecule has 0 amide bonds. The molecular formula is C16H16ClNO3. The normalized spacial score (nSPS) is 11.2. The molecule has 0 unspecified atom stereocenters. The minimum atomic E-state index is -1.01. The lowest BCUT2D eigenvalue weighted by molar-refractivity contribution is 0.0696. The summed E-state index contributed by atoms with van der Waals surface area (Å²) < 4.78 is 5.63. The van der Waals surface area contributed by atoms with E-state index in [-0.39, 0.29) is 16.9 Å². The van der Waals surface area contributed by atoms with Gasteiger partial charge in [0.15, 0.2) is 0 Å². The average Bonchev–Trinajstić information content (AvgIpc) is 2.40. The molecule has 2 aromatic rings. The molecule has 0 saturated heterocycles. The SMILES string of the molecule is CC(C)(C)c1cc(C(=O)O)cc(Oc2ccc(Cl)cc2)n1. The van der Waals surface area contributed by atoms with Gasteiger partial charge in [-0.05, 0) is 30.3 Å². The van der Waals surface area contributed by atoms with Gasteiger partial charge in [-0.2, -0.15) is 0 Å². The molecule has 0 aliphatic carbocycles. The fourth-order valence-corrected chi connectivity index (χ4v) is 1.81. The standard InChI is InChI=1S/C16H16ClNO3/c1-16(2,3)13-8-10(15(19)20)9-14(18-13)21-12-6-4-11(17)5-7-12/h4-9H,1-3H3,(H,19,20). The Labute approximate surface area is 128 Å². The fraction of sp³-hybridized carbons (Fsp3) is 0.250. The van der Waals surface area contributed by atoms with Crippen LogP contribution in [-0.2, 0) is 5.41 Å². The summed E-state index contributed by atoms with van der Waals surface area (Å²) in [5.74, 6) is -0.208. The molecule has 0 saturated carbocycles. The summed E-state index contributed by atoms with van der Waals surface area (Å²) in [5, 5.41) is 9.80. The smallest absolute Gasteiger partial charge is 0.335 e. The Bertz CT molecular complexity index is 660. The molecule has 0 aliphatic heterocycles. The van der Waals surface area contributed by atoms with Crippen LogP contribution in [0.1, 0.15) is 36.8 Å². The Balaban J connectivity index is 2.40. The monoisotopic (exact) mass is 305 g/mol. The van der Waals surface area contributed by atoms with Crippen molar-refractivity contribution in [2.75, 3.05) is 0 Å². The molecule has 0 radical (unpaired) electrons. The summed E-state index contributed by atoms with van der Waals surface area (Å²) in [6.45, 7) is 5.90. The number of nitrogens with zero attached hydrogens (tertiary/aromatic N) is 1. The van der Waals surface area contributed by atoms with Crippen molar-refractivity contribution in [3.05, 3.63) is 52.7 Å². The third-order valence-corrected chi connectivity index (χ3v) is 3.11. The van der Waals surface area contributed by atoms with Gasteiger partial charge in [-0.15, -0.1) is 0 Å². The van der Waals surface area contributed by atoms with Crippen LogP contribution in [-0.4, -0.2) is 16.1 Å². The molecule has 0 fully saturated rings. The van der Waals surface area contributed by atoms with Gasteiger partial charge in [-0.3, -0.25) is 0 Å². The minimum absolute atomic E-state index is 0.152. The maximum Gasteiger partial charge on any atom is 0.335 e. The zero-order valence-corrected chi connectivity index (χ0v) is 12.8. The highest BCUT2D eigenvalue weighted by Crippen LogP contribution is 2.27. The number of hydrogen-bond acceptors (Lipinski definition) is 3. The van der Waals surface area contributed by atoms with Crippen molar-refractivity contribution in [3.63, 3.8) is 0 Å². The lowest BCUT2D eigenvalue weighted by Crippen LogP contribution is -2.15. The lowest BCUT2D eigenvalue weighted by Gasteiger charge is -2.19. The number of carboxylic acids is 1. The van der Waals surface area contributed by atoms with Crippen LogP contribution in [0, 0.1) is 0 Å². The molecule has 21 heavy (non-hydrogen) atoms. The van der Waals surface area contributed by atoms with Gasteiger partial charge in [0.1, 0.15) is 5.75 Å². The number of ether oxygens (including phenoxy) is 1. The van der Waals surface area contributed by atoms with Gasteiger partial charge in [0.2, 0.25) is 5.88 Å². The van der Waals surface area contributed by atoms with Crippen molar-refractivity contribution in [1.82, 2.24) is 4.98 Å². The van der Waals surface area contributed by atoms with Crippen LogP contribution in [0.25, 0.3) is 0 Å². The van der Waals surface area contributed by atoms with Crippen LogP contribution < -0.4 is 4.74 Å². The van der Waals surface area contributed by atoms with E-state index in [4.69, 9.17) is 16.3 Å². The first kappa shape index (κ1) is 15.3. The maximum atomic E-state index is 11.2. The van der Waals surface area contributed by atoms with Crippen molar-refractivity contribution in [2.24, 2.45) is 0 Å². The van der Waals surface area contributed by atoms with E-state index in [1.165, 1.54) is 6.07 Å². The predicted octanol–water partition coefficient (Wildman–Crippen LogP) is 4.52. The topological polar surface area (TPSA) is 59.4 Å². The van der Waals surface area contributed by atoms with E-state index in [1.807, 2.05) is 20.8 Å². The third-order valence-electron chi connectivity index (χ3n) is 2.85. The molecule has 0 bridgehead atoms. The molecule has 1 aromatic heterocycles. The van der Waals surface area contributed by atoms with Gasteiger partial charge in [0.25, 0.3) is 0 Å². The number of carboxylic acid groups (broad SMARTS) is 1. The summed E-state index contributed by atoms with van der Waals surface area (Å²) in [7, 11) is 0. The van der Waals surface area contributed by atoms with Gasteiger partial charge in [-0.25, -0.2) is 9.78 Å². The summed E-state index contributed by atoms with van der Waals surface area (Å²) in [4.78, 5) is 15.6.